The average molecular weight is 176 g/mol. The Bertz CT molecular complexity index is 327. The molecule has 0 spiro atoms. The van der Waals surface area contributed by atoms with E-state index in [1.807, 2.05) is 0 Å². The number of hydrogen-bond donors (Lipinski definition) is 1. The van der Waals surface area contributed by atoms with Gasteiger partial charge in [-0.1, -0.05) is 29.4 Å². The second-order valence-electron chi connectivity index (χ2n) is 2.35. The molecule has 0 saturated heterocycles. The van der Waals surface area contributed by atoms with Crippen molar-refractivity contribution in [3.8, 4) is 0 Å². The van der Waals surface area contributed by atoms with Gasteiger partial charge in [0.25, 0.3) is 0 Å². The van der Waals surface area contributed by atoms with Crippen LogP contribution in [0.25, 0.3) is 10.4 Å². The minimum Gasteiger partial charge on any atom is -0.355 e. The lowest BCUT2D eigenvalue weighted by Gasteiger charge is -1.98. The minimum atomic E-state index is 0.486. The molecule has 1 aromatic rings. The van der Waals surface area contributed by atoms with Crippen LogP contribution in [0.2, 0.25) is 0 Å². The van der Waals surface area contributed by atoms with Crippen molar-refractivity contribution in [3.05, 3.63) is 40.3 Å². The predicted molar refractivity (Wildman–Crippen MR) is 48.2 cm³/mol. The Labute approximate surface area is 75.0 Å². The fourth-order valence-electron chi connectivity index (χ4n) is 0.892. The number of nitrogens with zero attached hydrogens (tertiary/aromatic N) is 3. The zero-order chi connectivity index (χ0) is 9.52. The Hall–Kier alpha value is -2.00. The number of carbonyl (C=O) groups is 1. The molecule has 0 aliphatic carbocycles. The number of benzene rings is 1. The molecule has 0 aliphatic heterocycles. The van der Waals surface area contributed by atoms with E-state index in [9.17, 15) is 4.79 Å². The van der Waals surface area contributed by atoms with Crippen LogP contribution in [0.5, 0.6) is 0 Å². The highest BCUT2D eigenvalue weighted by Crippen LogP contribution is 2.12. The fourth-order valence-corrected chi connectivity index (χ4v) is 0.892. The maximum atomic E-state index is 9.97. The molecule has 0 atom stereocenters. The summed E-state index contributed by atoms with van der Waals surface area (Å²) in [7, 11) is 0. The van der Waals surface area contributed by atoms with Gasteiger partial charge in [-0.05, 0) is 11.1 Å². The summed E-state index contributed by atoms with van der Waals surface area (Å²) in [5.41, 5.74) is 9.66. The minimum absolute atomic E-state index is 0.486. The standard InChI is InChI=1S/C8H8N4O/c9-12-11-8-3-1-7(2-4-8)5-10-6-13/h1-4,6H,5H2,(H,10,13). The molecule has 1 N–H and O–H groups in total. The number of hydrogen-bond acceptors (Lipinski definition) is 2. The predicted octanol–water partition coefficient (Wildman–Crippen LogP) is 1.87. The van der Waals surface area contributed by atoms with Crippen LogP contribution < -0.4 is 5.32 Å². The number of nitrogens with one attached hydrogen (secondary N) is 1. The summed E-state index contributed by atoms with van der Waals surface area (Å²) >= 11 is 0. The van der Waals surface area contributed by atoms with Gasteiger partial charge in [0.2, 0.25) is 6.41 Å². The third-order valence-corrected chi connectivity index (χ3v) is 1.49. The summed E-state index contributed by atoms with van der Waals surface area (Å²) in [6.45, 7) is 0.486. The Balaban J connectivity index is 2.68. The topological polar surface area (TPSA) is 77.9 Å². The molecule has 0 heterocycles. The number of rotatable bonds is 4. The van der Waals surface area contributed by atoms with Crippen molar-refractivity contribution in [3.63, 3.8) is 0 Å². The molecule has 5 nitrogen and oxygen atoms in total. The average Bonchev–Trinajstić information content (AvgIpc) is 2.17. The van der Waals surface area contributed by atoms with Gasteiger partial charge in [-0.15, -0.1) is 0 Å². The van der Waals surface area contributed by atoms with Crippen LogP contribution >= 0.6 is 0 Å². The van der Waals surface area contributed by atoms with Crippen molar-refractivity contribution in [2.75, 3.05) is 0 Å². The molecule has 0 bridgehead atoms. The van der Waals surface area contributed by atoms with E-state index in [1.54, 1.807) is 24.3 Å². The molecule has 0 fully saturated rings. The normalized spacial score (nSPS) is 8.62. The summed E-state index contributed by atoms with van der Waals surface area (Å²) < 4.78 is 0. The van der Waals surface area contributed by atoms with E-state index in [1.165, 1.54) is 0 Å². The second kappa shape index (κ2) is 4.79. The molecular formula is C8H8N4O. The molecule has 5 heteroatoms. The lowest BCUT2D eigenvalue weighted by Crippen LogP contribution is -2.09. The lowest BCUT2D eigenvalue weighted by atomic mass is 10.2. The Kier molecular flexibility index (Phi) is 3.35. The van der Waals surface area contributed by atoms with Gasteiger partial charge in [0.15, 0.2) is 0 Å². The van der Waals surface area contributed by atoms with Crippen LogP contribution in [-0.4, -0.2) is 6.41 Å². The van der Waals surface area contributed by atoms with E-state index in [0.717, 1.165) is 5.56 Å². The van der Waals surface area contributed by atoms with Gasteiger partial charge in [-0.3, -0.25) is 4.79 Å². The molecule has 0 aromatic heterocycles. The van der Waals surface area contributed by atoms with Gasteiger partial charge in [-0.25, -0.2) is 0 Å². The van der Waals surface area contributed by atoms with Crippen LogP contribution in [0, 0.1) is 0 Å². The van der Waals surface area contributed by atoms with Gasteiger partial charge in [-0.2, -0.15) is 0 Å². The molecule has 13 heavy (non-hydrogen) atoms. The van der Waals surface area contributed by atoms with Crippen molar-refractivity contribution in [1.82, 2.24) is 5.32 Å². The Morgan fingerprint density at radius 2 is 2.15 bits per heavy atom. The summed E-state index contributed by atoms with van der Waals surface area (Å²) in [6.07, 6.45) is 0.640. The van der Waals surface area contributed by atoms with Gasteiger partial charge in [0, 0.05) is 17.1 Å². The smallest absolute Gasteiger partial charge is 0.207 e. The van der Waals surface area contributed by atoms with E-state index in [-0.39, 0.29) is 0 Å². The van der Waals surface area contributed by atoms with Gasteiger partial charge in [0.1, 0.15) is 0 Å². The first-order valence-corrected chi connectivity index (χ1v) is 3.68. The number of azide groups is 1. The summed E-state index contributed by atoms with van der Waals surface area (Å²) in [4.78, 5) is 12.6. The highest BCUT2D eigenvalue weighted by molar-refractivity contribution is 5.46. The van der Waals surface area contributed by atoms with Crippen molar-refractivity contribution in [1.29, 1.82) is 0 Å². The van der Waals surface area contributed by atoms with Gasteiger partial charge in [0.05, 0.1) is 0 Å². The first-order valence-electron chi connectivity index (χ1n) is 3.68. The molecule has 1 amide bonds. The first kappa shape index (κ1) is 9.09. The molecule has 0 saturated carbocycles. The third kappa shape index (κ3) is 2.84. The third-order valence-electron chi connectivity index (χ3n) is 1.49. The zero-order valence-electron chi connectivity index (χ0n) is 6.84. The van der Waals surface area contributed by atoms with E-state index < -0.39 is 0 Å². The molecule has 0 unspecified atom stereocenters. The van der Waals surface area contributed by atoms with Crippen LogP contribution in [0.4, 0.5) is 5.69 Å². The Morgan fingerprint density at radius 3 is 2.69 bits per heavy atom. The first-order chi connectivity index (χ1) is 6.36. The molecule has 0 radical (unpaired) electrons. The largest absolute Gasteiger partial charge is 0.355 e. The second-order valence-corrected chi connectivity index (χ2v) is 2.35. The van der Waals surface area contributed by atoms with Crippen LogP contribution in [0.15, 0.2) is 29.4 Å². The monoisotopic (exact) mass is 176 g/mol. The zero-order valence-corrected chi connectivity index (χ0v) is 6.84. The van der Waals surface area contributed by atoms with Crippen molar-refractivity contribution >= 4 is 12.1 Å². The quantitative estimate of drug-likeness (QED) is 0.323. The molecule has 1 aromatic carbocycles. The van der Waals surface area contributed by atoms with Crippen molar-refractivity contribution in [2.24, 2.45) is 5.11 Å². The van der Waals surface area contributed by atoms with Crippen LogP contribution in [-0.2, 0) is 11.3 Å². The van der Waals surface area contributed by atoms with Gasteiger partial charge >= 0.3 is 0 Å². The summed E-state index contributed by atoms with van der Waals surface area (Å²) in [6, 6.07) is 6.98. The molecule has 1 rings (SSSR count). The Morgan fingerprint density at radius 1 is 1.46 bits per heavy atom. The fraction of sp³-hybridized carbons (Fsp3) is 0.125. The highest BCUT2D eigenvalue weighted by atomic mass is 16.1. The lowest BCUT2D eigenvalue weighted by molar-refractivity contribution is -0.109. The van der Waals surface area contributed by atoms with E-state index >= 15 is 0 Å². The molecule has 0 aliphatic rings. The maximum Gasteiger partial charge on any atom is 0.207 e. The van der Waals surface area contributed by atoms with Crippen LogP contribution in [0.3, 0.4) is 0 Å². The molecule has 66 valence electrons. The van der Waals surface area contributed by atoms with E-state index in [0.29, 0.717) is 18.6 Å². The van der Waals surface area contributed by atoms with Gasteiger partial charge < -0.3 is 5.32 Å². The number of amides is 1. The summed E-state index contributed by atoms with van der Waals surface area (Å²) in [5, 5.41) is 5.95. The van der Waals surface area contributed by atoms with E-state index in [2.05, 4.69) is 15.3 Å². The number of carbonyl (C=O) groups excluding carboxylic acids is 1. The summed E-state index contributed by atoms with van der Waals surface area (Å²) in [5.74, 6) is 0. The SMILES string of the molecule is [N-]=[N+]=Nc1ccc(CNC=O)cc1. The van der Waals surface area contributed by atoms with Crippen molar-refractivity contribution < 1.29 is 4.79 Å². The highest BCUT2D eigenvalue weighted by Gasteiger charge is 1.91. The van der Waals surface area contributed by atoms with Crippen LogP contribution in [0.1, 0.15) is 5.56 Å². The maximum absolute atomic E-state index is 9.97. The van der Waals surface area contributed by atoms with E-state index in [4.69, 9.17) is 5.53 Å². The molecular weight excluding hydrogens is 168 g/mol. The van der Waals surface area contributed by atoms with Crippen molar-refractivity contribution in [2.45, 2.75) is 6.54 Å².